The van der Waals surface area contributed by atoms with Gasteiger partial charge in [0.1, 0.15) is 5.82 Å². The van der Waals surface area contributed by atoms with Gasteiger partial charge >= 0.3 is 0 Å². The smallest absolute Gasteiger partial charge is 0.257 e. The van der Waals surface area contributed by atoms with Gasteiger partial charge in [-0.3, -0.25) is 4.79 Å². The molecule has 4 N–H and O–H groups in total. The van der Waals surface area contributed by atoms with Crippen LogP contribution >= 0.6 is 15.9 Å². The molecule has 19 heavy (non-hydrogen) atoms. The molecule has 5 nitrogen and oxygen atoms in total. The zero-order valence-corrected chi connectivity index (χ0v) is 11.9. The molecule has 0 saturated heterocycles. The van der Waals surface area contributed by atoms with Gasteiger partial charge in [0.25, 0.3) is 5.91 Å². The van der Waals surface area contributed by atoms with E-state index in [0.717, 1.165) is 15.7 Å². The number of carbonyl (C=O) groups is 1. The number of aryl methyl sites for hydroxylation is 1. The number of hydrazine groups is 1. The van der Waals surface area contributed by atoms with E-state index in [2.05, 4.69) is 31.7 Å². The molecule has 0 spiro atoms. The number of amides is 1. The molecule has 0 aliphatic rings. The number of hydrogen-bond acceptors (Lipinski definition) is 4. The summed E-state index contributed by atoms with van der Waals surface area (Å²) in [4.78, 5) is 16.0. The minimum Gasteiger partial charge on any atom is -0.322 e. The third-order valence-corrected chi connectivity index (χ3v) is 2.93. The number of anilines is 2. The summed E-state index contributed by atoms with van der Waals surface area (Å²) < 4.78 is 0.920. The third-order valence-electron chi connectivity index (χ3n) is 2.47. The summed E-state index contributed by atoms with van der Waals surface area (Å²) in [5, 5.41) is 2.82. The lowest BCUT2D eigenvalue weighted by molar-refractivity contribution is 0.102. The average Bonchev–Trinajstić information content (AvgIpc) is 2.37. The number of nitrogen functional groups attached to an aromatic ring is 1. The molecule has 0 aliphatic heterocycles. The van der Waals surface area contributed by atoms with Gasteiger partial charge in [0.2, 0.25) is 0 Å². The van der Waals surface area contributed by atoms with E-state index in [1.165, 1.54) is 6.20 Å². The van der Waals surface area contributed by atoms with E-state index >= 15 is 0 Å². The topological polar surface area (TPSA) is 80.0 Å². The highest BCUT2D eigenvalue weighted by Crippen LogP contribution is 2.19. The molecule has 1 aromatic heterocycles. The Balaban J connectivity index is 2.15. The molecule has 0 saturated carbocycles. The van der Waals surface area contributed by atoms with E-state index < -0.39 is 0 Å². The van der Waals surface area contributed by atoms with Gasteiger partial charge in [-0.1, -0.05) is 15.9 Å². The van der Waals surface area contributed by atoms with Crippen LogP contribution in [0, 0.1) is 6.92 Å². The van der Waals surface area contributed by atoms with E-state index in [4.69, 9.17) is 5.84 Å². The van der Waals surface area contributed by atoms with Crippen molar-refractivity contribution in [2.75, 3.05) is 10.7 Å². The summed E-state index contributed by atoms with van der Waals surface area (Å²) in [5.74, 6) is 5.51. The van der Waals surface area contributed by atoms with Gasteiger partial charge in [0, 0.05) is 16.4 Å². The highest BCUT2D eigenvalue weighted by atomic mass is 79.9. The molecule has 0 bridgehead atoms. The van der Waals surface area contributed by atoms with Crippen molar-refractivity contribution in [2.45, 2.75) is 6.92 Å². The zero-order valence-electron chi connectivity index (χ0n) is 10.3. The fourth-order valence-corrected chi connectivity index (χ4v) is 2.23. The van der Waals surface area contributed by atoms with Crippen LogP contribution in [0.25, 0.3) is 0 Å². The Bertz CT molecular complexity index is 578. The van der Waals surface area contributed by atoms with Gasteiger partial charge in [-0.05, 0) is 42.8 Å². The lowest BCUT2D eigenvalue weighted by Crippen LogP contribution is -2.13. The fourth-order valence-electron chi connectivity index (χ4n) is 1.63. The molecule has 6 heteroatoms. The maximum Gasteiger partial charge on any atom is 0.257 e. The molecule has 0 unspecified atom stereocenters. The second kappa shape index (κ2) is 5.81. The number of pyridine rings is 1. The van der Waals surface area contributed by atoms with Gasteiger partial charge in [0.15, 0.2) is 0 Å². The molecule has 1 heterocycles. The summed E-state index contributed by atoms with van der Waals surface area (Å²) in [6.45, 7) is 1.96. The maximum atomic E-state index is 12.0. The predicted octanol–water partition coefficient (Wildman–Crippen LogP) is 2.69. The lowest BCUT2D eigenvalue weighted by Gasteiger charge is -2.07. The molecule has 98 valence electrons. The molecule has 0 aliphatic carbocycles. The van der Waals surface area contributed by atoms with Crippen molar-refractivity contribution in [3.8, 4) is 0 Å². The van der Waals surface area contributed by atoms with Crippen LogP contribution in [0.1, 0.15) is 15.9 Å². The maximum absolute atomic E-state index is 12.0. The molecule has 0 fully saturated rings. The predicted molar refractivity (Wildman–Crippen MR) is 78.9 cm³/mol. The standard InChI is InChI=1S/C13H13BrN4O/c1-8-4-10(14)6-11(5-8)17-13(19)9-2-3-12(18-15)16-7-9/h2-7H,15H2,1H3,(H,16,18)(H,17,19). The molecule has 0 atom stereocenters. The van der Waals surface area contributed by atoms with Crippen molar-refractivity contribution >= 4 is 33.3 Å². The first-order chi connectivity index (χ1) is 9.08. The number of hydrogen-bond donors (Lipinski definition) is 3. The average molecular weight is 321 g/mol. The number of nitrogens with one attached hydrogen (secondary N) is 2. The number of benzene rings is 1. The number of halogens is 1. The van der Waals surface area contributed by atoms with Crippen molar-refractivity contribution in [3.63, 3.8) is 0 Å². The van der Waals surface area contributed by atoms with Gasteiger partial charge in [-0.15, -0.1) is 0 Å². The number of carbonyl (C=O) groups excluding carboxylic acids is 1. The van der Waals surface area contributed by atoms with Crippen molar-refractivity contribution in [2.24, 2.45) is 5.84 Å². The molecular weight excluding hydrogens is 308 g/mol. The Morgan fingerprint density at radius 2 is 2.11 bits per heavy atom. The first-order valence-electron chi connectivity index (χ1n) is 5.59. The fraction of sp³-hybridized carbons (Fsp3) is 0.0769. The largest absolute Gasteiger partial charge is 0.322 e. The molecule has 2 rings (SSSR count). The van der Waals surface area contributed by atoms with Crippen molar-refractivity contribution in [1.29, 1.82) is 0 Å². The second-order valence-electron chi connectivity index (χ2n) is 4.05. The van der Waals surface area contributed by atoms with Crippen molar-refractivity contribution < 1.29 is 4.79 Å². The van der Waals surface area contributed by atoms with Gasteiger partial charge in [-0.25, -0.2) is 10.8 Å². The normalized spacial score (nSPS) is 10.1. The third kappa shape index (κ3) is 3.52. The van der Waals surface area contributed by atoms with E-state index in [-0.39, 0.29) is 5.91 Å². The summed E-state index contributed by atoms with van der Waals surface area (Å²) in [6.07, 6.45) is 1.47. The Morgan fingerprint density at radius 1 is 1.32 bits per heavy atom. The van der Waals surface area contributed by atoms with Crippen LogP contribution in [0.5, 0.6) is 0 Å². The van der Waals surface area contributed by atoms with Crippen LogP contribution in [-0.4, -0.2) is 10.9 Å². The summed E-state index contributed by atoms with van der Waals surface area (Å²) in [6, 6.07) is 9.00. The van der Waals surface area contributed by atoms with Crippen LogP contribution in [0.2, 0.25) is 0 Å². The van der Waals surface area contributed by atoms with Crippen LogP contribution in [0.3, 0.4) is 0 Å². The SMILES string of the molecule is Cc1cc(Br)cc(NC(=O)c2ccc(NN)nc2)c1. The van der Waals surface area contributed by atoms with Crippen LogP contribution in [0.4, 0.5) is 11.5 Å². The van der Waals surface area contributed by atoms with Crippen molar-refractivity contribution in [1.82, 2.24) is 4.98 Å². The number of nitrogens with two attached hydrogens (primary N) is 1. The molecule has 2 aromatic rings. The first-order valence-corrected chi connectivity index (χ1v) is 6.39. The van der Waals surface area contributed by atoms with Crippen LogP contribution in [0.15, 0.2) is 41.0 Å². The lowest BCUT2D eigenvalue weighted by atomic mass is 10.2. The van der Waals surface area contributed by atoms with Gasteiger partial charge < -0.3 is 10.7 Å². The zero-order chi connectivity index (χ0) is 13.8. The molecular formula is C13H13BrN4O. The first kappa shape index (κ1) is 13.5. The monoisotopic (exact) mass is 320 g/mol. The van der Waals surface area contributed by atoms with E-state index in [1.807, 2.05) is 25.1 Å². The Morgan fingerprint density at radius 3 is 2.68 bits per heavy atom. The van der Waals surface area contributed by atoms with E-state index in [1.54, 1.807) is 12.1 Å². The van der Waals surface area contributed by atoms with Crippen LogP contribution in [-0.2, 0) is 0 Å². The number of nitrogens with zero attached hydrogens (tertiary/aromatic N) is 1. The minimum atomic E-state index is -0.214. The second-order valence-corrected chi connectivity index (χ2v) is 4.96. The molecule has 1 aromatic carbocycles. The van der Waals surface area contributed by atoms with E-state index in [9.17, 15) is 4.79 Å². The summed E-state index contributed by atoms with van der Waals surface area (Å²) >= 11 is 3.39. The Kier molecular flexibility index (Phi) is 4.13. The quantitative estimate of drug-likeness (QED) is 0.600. The van der Waals surface area contributed by atoms with E-state index in [0.29, 0.717) is 11.4 Å². The Labute approximate surface area is 119 Å². The van der Waals surface area contributed by atoms with Crippen LogP contribution < -0.4 is 16.6 Å². The van der Waals surface area contributed by atoms with Gasteiger partial charge in [-0.2, -0.15) is 0 Å². The Hall–Kier alpha value is -1.92. The molecule has 0 radical (unpaired) electrons. The summed E-state index contributed by atoms with van der Waals surface area (Å²) in [5.41, 5.74) is 4.67. The highest BCUT2D eigenvalue weighted by Gasteiger charge is 2.07. The number of aromatic nitrogens is 1. The molecule has 1 amide bonds. The van der Waals surface area contributed by atoms with Gasteiger partial charge in [0.05, 0.1) is 5.56 Å². The summed E-state index contributed by atoms with van der Waals surface area (Å²) in [7, 11) is 0. The van der Waals surface area contributed by atoms with Crippen molar-refractivity contribution in [3.05, 3.63) is 52.1 Å². The minimum absolute atomic E-state index is 0.214. The highest BCUT2D eigenvalue weighted by molar-refractivity contribution is 9.10. The number of rotatable bonds is 3.